The van der Waals surface area contributed by atoms with Gasteiger partial charge in [0.05, 0.1) is 0 Å². The average Bonchev–Trinajstić information content (AvgIpc) is 3.00. The van der Waals surface area contributed by atoms with E-state index in [1.54, 1.807) is 6.07 Å². The predicted molar refractivity (Wildman–Crippen MR) is 108 cm³/mol. The molecule has 0 saturated heterocycles. The Morgan fingerprint density at radius 3 is 2.37 bits per heavy atom. The van der Waals surface area contributed by atoms with Crippen LogP contribution in [0.15, 0.2) is 52.9 Å². The molecule has 3 aromatic rings. The molecule has 27 heavy (non-hydrogen) atoms. The average molecular weight is 364 g/mol. The minimum Gasteiger partial charge on any atom is -0.449 e. The first kappa shape index (κ1) is 18.7. The van der Waals surface area contributed by atoms with E-state index < -0.39 is 5.91 Å². The number of amides is 2. The van der Waals surface area contributed by atoms with Crippen LogP contribution in [-0.4, -0.2) is 11.8 Å². The van der Waals surface area contributed by atoms with Crippen molar-refractivity contribution in [3.63, 3.8) is 0 Å². The minimum absolute atomic E-state index is 0.105. The standard InChI is InChI=1S/C22H24N2O3/c1-4-15-9-11-16(12-10-15)23-22(26)21-20(24-19(25)13-14(2)3)17-7-5-6-8-18(17)27-21/h5-12,14H,4,13H2,1-3H3,(H,23,26)(H,24,25). The Morgan fingerprint density at radius 1 is 1.00 bits per heavy atom. The molecule has 2 amide bonds. The summed E-state index contributed by atoms with van der Waals surface area (Å²) in [6.07, 6.45) is 1.31. The molecule has 2 N–H and O–H groups in total. The molecule has 140 valence electrons. The van der Waals surface area contributed by atoms with E-state index in [4.69, 9.17) is 4.42 Å². The first-order valence-electron chi connectivity index (χ1n) is 9.19. The normalized spacial score (nSPS) is 11.0. The summed E-state index contributed by atoms with van der Waals surface area (Å²) in [5, 5.41) is 6.41. The first-order chi connectivity index (χ1) is 13.0. The van der Waals surface area contributed by atoms with E-state index in [1.165, 1.54) is 5.56 Å². The summed E-state index contributed by atoms with van der Waals surface area (Å²) in [4.78, 5) is 25.1. The smallest absolute Gasteiger partial charge is 0.293 e. The van der Waals surface area contributed by atoms with Crippen LogP contribution in [0.3, 0.4) is 0 Å². The van der Waals surface area contributed by atoms with E-state index in [1.807, 2.05) is 56.3 Å². The molecule has 3 rings (SSSR count). The zero-order valence-corrected chi connectivity index (χ0v) is 15.8. The molecular weight excluding hydrogens is 340 g/mol. The lowest BCUT2D eigenvalue weighted by Crippen LogP contribution is -2.18. The van der Waals surface area contributed by atoms with E-state index in [-0.39, 0.29) is 17.6 Å². The lowest BCUT2D eigenvalue weighted by molar-refractivity contribution is -0.116. The monoisotopic (exact) mass is 364 g/mol. The third kappa shape index (κ3) is 4.37. The molecular formula is C22H24N2O3. The maximum absolute atomic E-state index is 12.8. The largest absolute Gasteiger partial charge is 0.449 e. The quantitative estimate of drug-likeness (QED) is 0.629. The summed E-state index contributed by atoms with van der Waals surface area (Å²) in [7, 11) is 0. The van der Waals surface area contributed by atoms with Gasteiger partial charge in [0.2, 0.25) is 11.7 Å². The van der Waals surface area contributed by atoms with E-state index in [0.29, 0.717) is 28.8 Å². The number of aryl methyl sites for hydroxylation is 1. The highest BCUT2D eigenvalue weighted by Gasteiger charge is 2.22. The summed E-state index contributed by atoms with van der Waals surface area (Å²) in [5.74, 6) is -0.210. The van der Waals surface area contributed by atoms with Gasteiger partial charge in [0.1, 0.15) is 11.3 Å². The number of fused-ring (bicyclic) bond motifs is 1. The molecule has 0 aliphatic heterocycles. The second-order valence-electron chi connectivity index (χ2n) is 6.95. The maximum Gasteiger partial charge on any atom is 0.293 e. The molecule has 5 nitrogen and oxygen atoms in total. The molecule has 0 aliphatic rings. The number of hydrogen-bond donors (Lipinski definition) is 2. The van der Waals surface area contributed by atoms with Gasteiger partial charge in [-0.25, -0.2) is 0 Å². The number of hydrogen-bond acceptors (Lipinski definition) is 3. The second kappa shape index (κ2) is 8.08. The van der Waals surface area contributed by atoms with Gasteiger partial charge in [-0.15, -0.1) is 0 Å². The van der Waals surface area contributed by atoms with Crippen molar-refractivity contribution in [2.24, 2.45) is 5.92 Å². The molecule has 0 unspecified atom stereocenters. The Bertz CT molecular complexity index is 955. The van der Waals surface area contributed by atoms with Crippen LogP contribution in [0.1, 0.15) is 43.3 Å². The minimum atomic E-state index is -0.393. The van der Waals surface area contributed by atoms with Gasteiger partial charge in [-0.3, -0.25) is 9.59 Å². The van der Waals surface area contributed by atoms with Crippen molar-refractivity contribution in [3.8, 4) is 0 Å². The van der Waals surface area contributed by atoms with Gasteiger partial charge in [-0.1, -0.05) is 45.0 Å². The number of benzene rings is 2. The SMILES string of the molecule is CCc1ccc(NC(=O)c2oc3ccccc3c2NC(=O)CC(C)C)cc1. The van der Waals surface area contributed by atoms with Crippen LogP contribution < -0.4 is 10.6 Å². The van der Waals surface area contributed by atoms with Crippen molar-refractivity contribution in [2.75, 3.05) is 10.6 Å². The fourth-order valence-electron chi connectivity index (χ4n) is 2.90. The summed E-state index contributed by atoms with van der Waals surface area (Å²) in [6.45, 7) is 6.02. The molecule has 2 aromatic carbocycles. The van der Waals surface area contributed by atoms with E-state index >= 15 is 0 Å². The van der Waals surface area contributed by atoms with Gasteiger partial charge in [-0.2, -0.15) is 0 Å². The van der Waals surface area contributed by atoms with Crippen molar-refractivity contribution in [2.45, 2.75) is 33.6 Å². The van der Waals surface area contributed by atoms with Crippen molar-refractivity contribution < 1.29 is 14.0 Å². The van der Waals surface area contributed by atoms with Crippen LogP contribution in [-0.2, 0) is 11.2 Å². The van der Waals surface area contributed by atoms with Crippen LogP contribution in [0.4, 0.5) is 11.4 Å². The highest BCUT2D eigenvalue weighted by Crippen LogP contribution is 2.31. The maximum atomic E-state index is 12.8. The Morgan fingerprint density at radius 2 is 1.70 bits per heavy atom. The van der Waals surface area contributed by atoms with Gasteiger partial charge in [0.15, 0.2) is 0 Å². The summed E-state index contributed by atoms with van der Waals surface area (Å²) in [6, 6.07) is 14.9. The summed E-state index contributed by atoms with van der Waals surface area (Å²) < 4.78 is 5.76. The fourth-order valence-corrected chi connectivity index (χ4v) is 2.90. The number of furan rings is 1. The Kier molecular flexibility index (Phi) is 5.60. The third-order valence-electron chi connectivity index (χ3n) is 4.28. The summed E-state index contributed by atoms with van der Waals surface area (Å²) >= 11 is 0. The number of rotatable bonds is 6. The van der Waals surface area contributed by atoms with Gasteiger partial charge >= 0.3 is 0 Å². The Hall–Kier alpha value is -3.08. The van der Waals surface area contributed by atoms with Gasteiger partial charge < -0.3 is 15.1 Å². The van der Waals surface area contributed by atoms with E-state index in [9.17, 15) is 9.59 Å². The van der Waals surface area contributed by atoms with Crippen molar-refractivity contribution in [1.29, 1.82) is 0 Å². The number of nitrogens with one attached hydrogen (secondary N) is 2. The first-order valence-corrected chi connectivity index (χ1v) is 9.19. The molecule has 0 radical (unpaired) electrons. The molecule has 5 heteroatoms. The van der Waals surface area contributed by atoms with Crippen molar-refractivity contribution >= 4 is 34.2 Å². The predicted octanol–water partition coefficient (Wildman–Crippen LogP) is 5.23. The second-order valence-corrected chi connectivity index (χ2v) is 6.95. The van der Waals surface area contributed by atoms with Gasteiger partial charge in [-0.05, 0) is 42.2 Å². The molecule has 0 bridgehead atoms. The van der Waals surface area contributed by atoms with Gasteiger partial charge in [0.25, 0.3) is 5.91 Å². The van der Waals surface area contributed by atoms with E-state index in [2.05, 4.69) is 17.6 Å². The molecule has 0 fully saturated rings. The highest BCUT2D eigenvalue weighted by molar-refractivity contribution is 6.14. The summed E-state index contributed by atoms with van der Waals surface area (Å²) in [5.41, 5.74) is 2.85. The van der Waals surface area contributed by atoms with Crippen LogP contribution in [0.25, 0.3) is 11.0 Å². The van der Waals surface area contributed by atoms with Crippen LogP contribution >= 0.6 is 0 Å². The number of carbonyl (C=O) groups is 2. The van der Waals surface area contributed by atoms with Crippen LogP contribution in [0.5, 0.6) is 0 Å². The number of anilines is 2. The highest BCUT2D eigenvalue weighted by atomic mass is 16.3. The Labute approximate surface area is 158 Å². The van der Waals surface area contributed by atoms with E-state index in [0.717, 1.165) is 6.42 Å². The van der Waals surface area contributed by atoms with Crippen LogP contribution in [0.2, 0.25) is 0 Å². The van der Waals surface area contributed by atoms with Gasteiger partial charge in [0, 0.05) is 17.5 Å². The fraction of sp³-hybridized carbons (Fsp3) is 0.273. The molecule has 0 spiro atoms. The zero-order chi connectivity index (χ0) is 19.4. The zero-order valence-electron chi connectivity index (χ0n) is 15.8. The van der Waals surface area contributed by atoms with Crippen LogP contribution in [0, 0.1) is 5.92 Å². The molecule has 0 saturated carbocycles. The molecule has 1 heterocycles. The molecule has 1 aromatic heterocycles. The molecule has 0 atom stereocenters. The topological polar surface area (TPSA) is 71.3 Å². The third-order valence-corrected chi connectivity index (χ3v) is 4.28. The van der Waals surface area contributed by atoms with Crippen molar-refractivity contribution in [1.82, 2.24) is 0 Å². The Balaban J connectivity index is 1.90. The number of carbonyl (C=O) groups excluding carboxylic acids is 2. The lowest BCUT2D eigenvalue weighted by atomic mass is 10.1. The molecule has 0 aliphatic carbocycles. The number of para-hydroxylation sites is 1. The van der Waals surface area contributed by atoms with Crippen molar-refractivity contribution in [3.05, 3.63) is 59.9 Å². The lowest BCUT2D eigenvalue weighted by Gasteiger charge is -2.09.